The highest BCUT2D eigenvalue weighted by atomic mass is 32.2. The minimum absolute atomic E-state index is 0.0594. The van der Waals surface area contributed by atoms with Crippen LogP contribution in [0.5, 0.6) is 11.5 Å². The van der Waals surface area contributed by atoms with E-state index in [1.807, 2.05) is 0 Å². The number of ether oxygens (including phenoxy) is 2. The lowest BCUT2D eigenvalue weighted by atomic mass is 10.3. The fourth-order valence-corrected chi connectivity index (χ4v) is 3.41. The molecule has 0 saturated carbocycles. The molecule has 0 fully saturated rings. The molecule has 0 aliphatic rings. The number of fused-ring (bicyclic) bond motifs is 1. The highest BCUT2D eigenvalue weighted by Crippen LogP contribution is 2.27. The van der Waals surface area contributed by atoms with Crippen LogP contribution in [0.2, 0.25) is 0 Å². The maximum atomic E-state index is 12.7. The lowest BCUT2D eigenvalue weighted by Gasteiger charge is -2.10. The molecule has 132 valence electrons. The second-order valence-electron chi connectivity index (χ2n) is 5.24. The standard InChI is InChI=1S/C15H16N4O5S/c1-9-16-17-15(20)14-7-13(8-19(9)14)25(21,22)18-10-4-11(23-2)6-12(5-10)24-3/h4-8,18H,1-3H3,(H,17,20). The van der Waals surface area contributed by atoms with Gasteiger partial charge in [-0.3, -0.25) is 13.9 Å². The van der Waals surface area contributed by atoms with Crippen LogP contribution in [-0.2, 0) is 10.0 Å². The third-order valence-electron chi connectivity index (χ3n) is 3.61. The van der Waals surface area contributed by atoms with Gasteiger partial charge in [-0.2, -0.15) is 5.10 Å². The average Bonchev–Trinajstić information content (AvgIpc) is 3.05. The predicted octanol–water partition coefficient (Wildman–Crippen LogP) is 1.15. The molecule has 10 heteroatoms. The number of H-pyrrole nitrogens is 1. The molecule has 0 unspecified atom stereocenters. The summed E-state index contributed by atoms with van der Waals surface area (Å²) in [6, 6.07) is 5.96. The summed E-state index contributed by atoms with van der Waals surface area (Å²) in [6.07, 6.45) is 1.34. The number of nitrogens with zero attached hydrogens (tertiary/aromatic N) is 2. The van der Waals surface area contributed by atoms with Crippen molar-refractivity contribution in [1.82, 2.24) is 14.6 Å². The predicted molar refractivity (Wildman–Crippen MR) is 90.9 cm³/mol. The molecule has 9 nitrogen and oxygen atoms in total. The summed E-state index contributed by atoms with van der Waals surface area (Å²) in [4.78, 5) is 11.8. The average molecular weight is 364 g/mol. The van der Waals surface area contributed by atoms with Gasteiger partial charge in [-0.15, -0.1) is 0 Å². The van der Waals surface area contributed by atoms with Crippen LogP contribution in [0.25, 0.3) is 5.52 Å². The Kier molecular flexibility index (Phi) is 4.13. The molecular formula is C15H16N4O5S. The molecule has 0 aliphatic heterocycles. The number of methoxy groups -OCH3 is 2. The quantitative estimate of drug-likeness (QED) is 0.702. The van der Waals surface area contributed by atoms with Crippen molar-refractivity contribution in [2.24, 2.45) is 0 Å². The normalized spacial score (nSPS) is 11.5. The van der Waals surface area contributed by atoms with Gasteiger partial charge in [0.1, 0.15) is 27.7 Å². The number of aromatic amines is 1. The first-order valence-electron chi connectivity index (χ1n) is 7.17. The third-order valence-corrected chi connectivity index (χ3v) is 4.96. The van der Waals surface area contributed by atoms with Crippen LogP contribution in [0.4, 0.5) is 5.69 Å². The maximum absolute atomic E-state index is 12.7. The second-order valence-corrected chi connectivity index (χ2v) is 6.92. The van der Waals surface area contributed by atoms with Crippen molar-refractivity contribution in [2.45, 2.75) is 11.8 Å². The van der Waals surface area contributed by atoms with Gasteiger partial charge in [-0.05, 0) is 13.0 Å². The Hall–Kier alpha value is -3.01. The number of aryl methyl sites for hydroxylation is 1. The van der Waals surface area contributed by atoms with E-state index in [-0.39, 0.29) is 16.1 Å². The van der Waals surface area contributed by atoms with Gasteiger partial charge in [0.15, 0.2) is 0 Å². The molecule has 2 aromatic heterocycles. The van der Waals surface area contributed by atoms with E-state index in [0.29, 0.717) is 17.3 Å². The molecule has 0 spiro atoms. The van der Waals surface area contributed by atoms with Crippen LogP contribution in [0.15, 0.2) is 40.2 Å². The Morgan fingerprint density at radius 2 is 1.76 bits per heavy atom. The van der Waals surface area contributed by atoms with Gasteiger partial charge in [-0.25, -0.2) is 13.5 Å². The second kappa shape index (κ2) is 6.13. The number of benzene rings is 1. The van der Waals surface area contributed by atoms with Crippen LogP contribution >= 0.6 is 0 Å². The lowest BCUT2D eigenvalue weighted by Crippen LogP contribution is -2.12. The Morgan fingerprint density at radius 3 is 2.32 bits per heavy atom. The topological polar surface area (TPSA) is 115 Å². The summed E-state index contributed by atoms with van der Waals surface area (Å²) < 4.78 is 39.4. The van der Waals surface area contributed by atoms with Crippen molar-refractivity contribution in [2.75, 3.05) is 18.9 Å². The summed E-state index contributed by atoms with van der Waals surface area (Å²) in [7, 11) is -0.985. The highest BCUT2D eigenvalue weighted by molar-refractivity contribution is 7.92. The molecule has 2 heterocycles. The van der Waals surface area contributed by atoms with Gasteiger partial charge < -0.3 is 9.47 Å². The van der Waals surface area contributed by atoms with E-state index >= 15 is 0 Å². The summed E-state index contributed by atoms with van der Waals surface area (Å²) in [5.41, 5.74) is -0.0126. The molecule has 0 aliphatic carbocycles. The van der Waals surface area contributed by atoms with Gasteiger partial charge in [-0.1, -0.05) is 0 Å². The Labute approximate surface area is 143 Å². The van der Waals surface area contributed by atoms with Crippen LogP contribution < -0.4 is 19.8 Å². The minimum atomic E-state index is -3.92. The van der Waals surface area contributed by atoms with Crippen LogP contribution in [0.1, 0.15) is 5.82 Å². The SMILES string of the molecule is COc1cc(NS(=O)(=O)c2cc3c(=O)[nH]nc(C)n3c2)cc(OC)c1. The van der Waals surface area contributed by atoms with E-state index < -0.39 is 15.6 Å². The van der Waals surface area contributed by atoms with E-state index in [9.17, 15) is 13.2 Å². The molecule has 3 aromatic rings. The Morgan fingerprint density at radius 1 is 1.12 bits per heavy atom. The number of nitrogens with one attached hydrogen (secondary N) is 2. The lowest BCUT2D eigenvalue weighted by molar-refractivity contribution is 0.395. The molecule has 1 aromatic carbocycles. The summed E-state index contributed by atoms with van der Waals surface area (Å²) in [5, 5.41) is 6.12. The molecule has 2 N–H and O–H groups in total. The number of aromatic nitrogens is 3. The summed E-state index contributed by atoms with van der Waals surface area (Å²) >= 11 is 0. The number of anilines is 1. The molecule has 0 atom stereocenters. The zero-order chi connectivity index (χ0) is 18.2. The van der Waals surface area contributed by atoms with Crippen LogP contribution in [0, 0.1) is 6.92 Å². The Bertz CT molecular complexity index is 1080. The molecule has 25 heavy (non-hydrogen) atoms. The number of sulfonamides is 1. The van der Waals surface area contributed by atoms with Crippen molar-refractivity contribution in [3.63, 3.8) is 0 Å². The zero-order valence-corrected chi connectivity index (χ0v) is 14.5. The number of hydrogen-bond acceptors (Lipinski definition) is 6. The van der Waals surface area contributed by atoms with Gasteiger partial charge in [0, 0.05) is 24.4 Å². The minimum Gasteiger partial charge on any atom is -0.497 e. The maximum Gasteiger partial charge on any atom is 0.288 e. The molecule has 3 rings (SSSR count). The zero-order valence-electron chi connectivity index (χ0n) is 13.7. The van der Waals surface area contributed by atoms with Crippen LogP contribution in [0.3, 0.4) is 0 Å². The highest BCUT2D eigenvalue weighted by Gasteiger charge is 2.19. The van der Waals surface area contributed by atoms with Gasteiger partial charge >= 0.3 is 0 Å². The molecule has 0 bridgehead atoms. The van der Waals surface area contributed by atoms with Crippen molar-refractivity contribution < 1.29 is 17.9 Å². The molecule has 0 radical (unpaired) electrons. The first kappa shape index (κ1) is 16.8. The molecule has 0 saturated heterocycles. The first-order chi connectivity index (χ1) is 11.8. The van der Waals surface area contributed by atoms with Crippen molar-refractivity contribution >= 4 is 21.2 Å². The van der Waals surface area contributed by atoms with Gasteiger partial charge in [0.2, 0.25) is 0 Å². The fraction of sp³-hybridized carbons (Fsp3) is 0.200. The monoisotopic (exact) mass is 364 g/mol. The van der Waals surface area contributed by atoms with Gasteiger partial charge in [0.05, 0.1) is 19.9 Å². The number of rotatable bonds is 5. The van der Waals surface area contributed by atoms with Crippen LogP contribution in [-0.4, -0.2) is 37.2 Å². The molecule has 0 amide bonds. The summed E-state index contributed by atoms with van der Waals surface area (Å²) in [5.74, 6) is 1.34. The van der Waals surface area contributed by atoms with E-state index in [1.54, 1.807) is 13.0 Å². The van der Waals surface area contributed by atoms with E-state index in [0.717, 1.165) is 0 Å². The smallest absolute Gasteiger partial charge is 0.288 e. The van der Waals surface area contributed by atoms with Crippen molar-refractivity contribution in [3.8, 4) is 11.5 Å². The Balaban J connectivity index is 2.04. The van der Waals surface area contributed by atoms with Crippen molar-refractivity contribution in [1.29, 1.82) is 0 Å². The first-order valence-corrected chi connectivity index (χ1v) is 8.65. The summed E-state index contributed by atoms with van der Waals surface area (Å²) in [6.45, 7) is 1.65. The fourth-order valence-electron chi connectivity index (χ4n) is 2.35. The third kappa shape index (κ3) is 3.15. The number of hydrogen-bond donors (Lipinski definition) is 2. The van der Waals surface area contributed by atoms with Gasteiger partial charge in [0.25, 0.3) is 15.6 Å². The van der Waals surface area contributed by atoms with E-state index in [4.69, 9.17) is 9.47 Å². The van der Waals surface area contributed by atoms with Crippen molar-refractivity contribution in [3.05, 3.63) is 46.6 Å². The van der Waals surface area contributed by atoms with E-state index in [2.05, 4.69) is 14.9 Å². The largest absolute Gasteiger partial charge is 0.497 e. The molecular weight excluding hydrogens is 348 g/mol. The van der Waals surface area contributed by atoms with E-state index in [1.165, 1.54) is 43.0 Å².